The van der Waals surface area contributed by atoms with Crippen LogP contribution < -0.4 is 0 Å². The summed E-state index contributed by atoms with van der Waals surface area (Å²) in [4.78, 5) is 4.30. The number of alkyl halides is 3. The van der Waals surface area contributed by atoms with Gasteiger partial charge >= 0.3 is 6.18 Å². The van der Waals surface area contributed by atoms with Crippen LogP contribution in [0.25, 0.3) is 5.82 Å². The second-order valence-electron chi connectivity index (χ2n) is 4.60. The highest BCUT2D eigenvalue weighted by atomic mass is 19.4. The number of pyridine rings is 1. The van der Waals surface area contributed by atoms with E-state index in [1.165, 1.54) is 0 Å². The molecule has 0 aliphatic heterocycles. The summed E-state index contributed by atoms with van der Waals surface area (Å²) in [5.41, 5.74) is 1.21. The summed E-state index contributed by atoms with van der Waals surface area (Å²) in [6.45, 7) is 0. The molecule has 0 unspecified atom stereocenters. The van der Waals surface area contributed by atoms with Crippen molar-refractivity contribution in [3.63, 3.8) is 0 Å². The Bertz CT molecular complexity index is 709. The molecule has 1 aliphatic carbocycles. The number of aryl methyl sites for hydroxylation is 2. The molecule has 20 heavy (non-hydrogen) atoms. The third kappa shape index (κ3) is 2.03. The topological polar surface area (TPSA) is 54.5 Å². The van der Waals surface area contributed by atoms with Crippen LogP contribution in [0.15, 0.2) is 18.5 Å². The first kappa shape index (κ1) is 12.7. The summed E-state index contributed by atoms with van der Waals surface area (Å²) in [6, 6.07) is 3.66. The number of fused-ring (bicyclic) bond motifs is 1. The lowest BCUT2D eigenvalue weighted by Crippen LogP contribution is -2.06. The van der Waals surface area contributed by atoms with Crippen LogP contribution >= 0.6 is 0 Å². The number of rotatable bonds is 1. The van der Waals surface area contributed by atoms with Gasteiger partial charge in [0, 0.05) is 11.9 Å². The van der Waals surface area contributed by atoms with Gasteiger partial charge < -0.3 is 0 Å². The van der Waals surface area contributed by atoms with E-state index in [4.69, 9.17) is 5.26 Å². The molecule has 0 saturated carbocycles. The first-order chi connectivity index (χ1) is 9.49. The van der Waals surface area contributed by atoms with Crippen LogP contribution in [0.2, 0.25) is 0 Å². The molecule has 2 heterocycles. The van der Waals surface area contributed by atoms with Crippen LogP contribution in [0.4, 0.5) is 13.2 Å². The second-order valence-corrected chi connectivity index (χ2v) is 4.60. The van der Waals surface area contributed by atoms with E-state index in [1.54, 1.807) is 6.07 Å². The van der Waals surface area contributed by atoms with Crippen molar-refractivity contribution < 1.29 is 13.2 Å². The zero-order valence-electron chi connectivity index (χ0n) is 10.3. The van der Waals surface area contributed by atoms with E-state index < -0.39 is 11.7 Å². The van der Waals surface area contributed by atoms with Crippen LogP contribution in [0.3, 0.4) is 0 Å². The Morgan fingerprint density at radius 2 is 2.10 bits per heavy atom. The normalized spacial score (nSPS) is 14.1. The van der Waals surface area contributed by atoms with Crippen molar-refractivity contribution in [3.8, 4) is 11.9 Å². The number of aromatic nitrogens is 3. The summed E-state index contributed by atoms with van der Waals surface area (Å²) in [5, 5.41) is 12.8. The van der Waals surface area contributed by atoms with Gasteiger partial charge in [0.05, 0.1) is 17.3 Å². The summed E-state index contributed by atoms with van der Waals surface area (Å²) in [7, 11) is 0. The predicted octanol–water partition coefficient (Wildman–Crippen LogP) is 2.65. The van der Waals surface area contributed by atoms with E-state index in [0.717, 1.165) is 47.6 Å². The molecular formula is C13H9F3N4. The zero-order chi connectivity index (χ0) is 14.3. The second kappa shape index (κ2) is 4.34. The molecule has 0 radical (unpaired) electrons. The first-order valence-electron chi connectivity index (χ1n) is 6.04. The Morgan fingerprint density at radius 1 is 1.30 bits per heavy atom. The Labute approximate surface area is 112 Å². The average molecular weight is 278 g/mol. The minimum absolute atomic E-state index is 0.156. The van der Waals surface area contributed by atoms with Crippen LogP contribution in [0.1, 0.15) is 28.8 Å². The highest BCUT2D eigenvalue weighted by Gasteiger charge is 2.32. The fraction of sp³-hybridized carbons (Fsp3) is 0.308. The molecule has 102 valence electrons. The molecule has 0 aromatic carbocycles. The largest absolute Gasteiger partial charge is 0.419 e. The standard InChI is InChI=1S/C13H9F3N4/c14-13(15,16)10-6-18-20(7-10)12-9(5-17)4-8-2-1-3-11(8)19-12/h4,6-7H,1-3H2. The third-order valence-corrected chi connectivity index (χ3v) is 3.28. The van der Waals surface area contributed by atoms with E-state index in [-0.39, 0.29) is 11.4 Å². The van der Waals surface area contributed by atoms with Crippen molar-refractivity contribution in [2.75, 3.05) is 0 Å². The van der Waals surface area contributed by atoms with Gasteiger partial charge in [0.2, 0.25) is 0 Å². The highest BCUT2D eigenvalue weighted by molar-refractivity contribution is 5.48. The Kier molecular flexibility index (Phi) is 2.74. The summed E-state index contributed by atoms with van der Waals surface area (Å²) in [5.74, 6) is 0.156. The van der Waals surface area contributed by atoms with Crippen LogP contribution in [-0.4, -0.2) is 14.8 Å². The van der Waals surface area contributed by atoms with E-state index in [0.29, 0.717) is 0 Å². The van der Waals surface area contributed by atoms with Crippen LogP contribution in [-0.2, 0) is 19.0 Å². The molecule has 1 aliphatic rings. The maximum Gasteiger partial charge on any atom is 0.419 e. The van der Waals surface area contributed by atoms with Gasteiger partial charge in [-0.25, -0.2) is 9.67 Å². The quantitative estimate of drug-likeness (QED) is 0.805. The molecule has 0 spiro atoms. The Hall–Kier alpha value is -2.36. The molecule has 2 aromatic rings. The van der Waals surface area contributed by atoms with E-state index >= 15 is 0 Å². The Morgan fingerprint density at radius 3 is 2.75 bits per heavy atom. The number of nitrogens with zero attached hydrogens (tertiary/aromatic N) is 4. The lowest BCUT2D eigenvalue weighted by Gasteiger charge is -2.06. The molecule has 0 bridgehead atoms. The number of halogens is 3. The van der Waals surface area contributed by atoms with Crippen molar-refractivity contribution in [3.05, 3.63) is 40.8 Å². The molecule has 0 fully saturated rings. The monoisotopic (exact) mass is 278 g/mol. The van der Waals surface area contributed by atoms with Gasteiger partial charge in [-0.2, -0.15) is 23.5 Å². The van der Waals surface area contributed by atoms with Crippen molar-refractivity contribution in [1.29, 1.82) is 5.26 Å². The molecule has 0 atom stereocenters. The Balaban J connectivity index is 2.10. The van der Waals surface area contributed by atoms with E-state index in [2.05, 4.69) is 10.1 Å². The third-order valence-electron chi connectivity index (χ3n) is 3.28. The fourth-order valence-corrected chi connectivity index (χ4v) is 2.30. The van der Waals surface area contributed by atoms with Crippen molar-refractivity contribution >= 4 is 0 Å². The minimum Gasteiger partial charge on any atom is -0.232 e. The highest BCUT2D eigenvalue weighted by Crippen LogP contribution is 2.30. The van der Waals surface area contributed by atoms with Gasteiger partial charge in [-0.05, 0) is 30.9 Å². The van der Waals surface area contributed by atoms with Crippen LogP contribution in [0, 0.1) is 11.3 Å². The smallest absolute Gasteiger partial charge is 0.232 e. The van der Waals surface area contributed by atoms with Gasteiger partial charge in [0.25, 0.3) is 0 Å². The van der Waals surface area contributed by atoms with Crippen molar-refractivity contribution in [2.24, 2.45) is 0 Å². The molecule has 2 aromatic heterocycles. The predicted molar refractivity (Wildman–Crippen MR) is 63.1 cm³/mol. The molecule has 0 saturated heterocycles. The van der Waals surface area contributed by atoms with Crippen molar-refractivity contribution in [2.45, 2.75) is 25.4 Å². The lowest BCUT2D eigenvalue weighted by molar-refractivity contribution is -0.137. The summed E-state index contributed by atoms with van der Waals surface area (Å²) >= 11 is 0. The molecule has 0 N–H and O–H groups in total. The van der Waals surface area contributed by atoms with E-state index in [1.807, 2.05) is 6.07 Å². The maximum atomic E-state index is 12.6. The SMILES string of the molecule is N#Cc1cc2c(nc1-n1cc(C(F)(F)F)cn1)CCC2. The number of hydrogen-bond acceptors (Lipinski definition) is 3. The summed E-state index contributed by atoms with van der Waals surface area (Å²) in [6.07, 6.45) is -0.294. The fourth-order valence-electron chi connectivity index (χ4n) is 2.30. The van der Waals surface area contributed by atoms with Gasteiger partial charge in [0.1, 0.15) is 6.07 Å². The van der Waals surface area contributed by atoms with Gasteiger partial charge in [0.15, 0.2) is 5.82 Å². The van der Waals surface area contributed by atoms with E-state index in [9.17, 15) is 13.2 Å². The van der Waals surface area contributed by atoms with Gasteiger partial charge in [-0.1, -0.05) is 0 Å². The zero-order valence-corrected chi connectivity index (χ0v) is 10.3. The molecule has 4 nitrogen and oxygen atoms in total. The molecule has 3 rings (SSSR count). The number of nitriles is 1. The number of hydrogen-bond donors (Lipinski definition) is 0. The maximum absolute atomic E-state index is 12.6. The first-order valence-corrected chi connectivity index (χ1v) is 6.04. The molecular weight excluding hydrogens is 269 g/mol. The molecule has 0 amide bonds. The van der Waals surface area contributed by atoms with Gasteiger partial charge in [-0.15, -0.1) is 0 Å². The molecule has 7 heteroatoms. The van der Waals surface area contributed by atoms with Gasteiger partial charge in [-0.3, -0.25) is 0 Å². The summed E-state index contributed by atoms with van der Waals surface area (Å²) < 4.78 is 38.8. The lowest BCUT2D eigenvalue weighted by atomic mass is 10.1. The average Bonchev–Trinajstić information content (AvgIpc) is 3.04. The van der Waals surface area contributed by atoms with Crippen LogP contribution in [0.5, 0.6) is 0 Å². The minimum atomic E-state index is -4.46. The van der Waals surface area contributed by atoms with Crippen molar-refractivity contribution in [1.82, 2.24) is 14.8 Å².